The molecule has 0 aliphatic rings. The fourth-order valence-corrected chi connectivity index (χ4v) is 2.39. The highest BCUT2D eigenvalue weighted by atomic mass is 35.5. The fraction of sp³-hybridized carbons (Fsp3) is 0.200. The van der Waals surface area contributed by atoms with E-state index >= 15 is 0 Å². The number of nitrogens with two attached hydrogens (primary N) is 1. The molecule has 0 bridgehead atoms. The quantitative estimate of drug-likeness (QED) is 0.844. The standard InChI is InChI=1S/C10H10FNS.ClH/c11-5-9(12)8-6-13-10-4-2-1-3-7(8)10;/h1-4,6,9H,5,12H2;1H/t9-;/m1./s1. The number of alkyl halides is 1. The molecule has 1 heterocycles. The van der Waals surface area contributed by atoms with Gasteiger partial charge in [0.15, 0.2) is 0 Å². The molecule has 2 N–H and O–H groups in total. The third-order valence-corrected chi connectivity index (χ3v) is 3.06. The summed E-state index contributed by atoms with van der Waals surface area (Å²) in [5, 5.41) is 3.02. The molecule has 2 aromatic rings. The topological polar surface area (TPSA) is 26.0 Å². The van der Waals surface area contributed by atoms with Gasteiger partial charge in [-0.1, -0.05) is 18.2 Å². The summed E-state index contributed by atoms with van der Waals surface area (Å²) in [6, 6.07) is 7.45. The van der Waals surface area contributed by atoms with Gasteiger partial charge in [0, 0.05) is 4.70 Å². The SMILES string of the molecule is Cl.N[C@H](CF)c1csc2ccccc12. The molecule has 0 radical (unpaired) electrons. The summed E-state index contributed by atoms with van der Waals surface area (Å²) < 4.78 is 13.5. The van der Waals surface area contributed by atoms with Gasteiger partial charge in [-0.15, -0.1) is 23.7 Å². The molecule has 0 amide bonds. The van der Waals surface area contributed by atoms with Crippen LogP contribution in [0.5, 0.6) is 0 Å². The van der Waals surface area contributed by atoms with Gasteiger partial charge in [0.1, 0.15) is 6.67 Å². The molecular formula is C10H11ClFNS. The largest absolute Gasteiger partial charge is 0.322 e. The minimum atomic E-state index is -0.499. The van der Waals surface area contributed by atoms with Crippen LogP contribution in [-0.4, -0.2) is 6.67 Å². The molecule has 14 heavy (non-hydrogen) atoms. The lowest BCUT2D eigenvalue weighted by atomic mass is 10.1. The first kappa shape index (κ1) is 11.4. The van der Waals surface area contributed by atoms with E-state index in [1.807, 2.05) is 29.6 Å². The minimum absolute atomic E-state index is 0. The van der Waals surface area contributed by atoms with Crippen LogP contribution in [0, 0.1) is 0 Å². The summed E-state index contributed by atoms with van der Waals surface area (Å²) in [5.41, 5.74) is 6.56. The molecule has 0 aliphatic carbocycles. The van der Waals surface area contributed by atoms with E-state index in [0.717, 1.165) is 10.9 Å². The maximum Gasteiger partial charge on any atom is 0.109 e. The lowest BCUT2D eigenvalue weighted by Gasteiger charge is -2.04. The molecule has 0 saturated heterocycles. The van der Waals surface area contributed by atoms with Crippen molar-refractivity contribution in [2.75, 3.05) is 6.67 Å². The lowest BCUT2D eigenvalue weighted by Crippen LogP contribution is -2.11. The van der Waals surface area contributed by atoms with Crippen LogP contribution in [0.25, 0.3) is 10.1 Å². The summed E-state index contributed by atoms with van der Waals surface area (Å²) in [5.74, 6) is 0. The van der Waals surface area contributed by atoms with Gasteiger partial charge in [0.05, 0.1) is 6.04 Å². The van der Waals surface area contributed by atoms with E-state index < -0.39 is 12.7 Å². The van der Waals surface area contributed by atoms with E-state index in [1.54, 1.807) is 11.3 Å². The number of fused-ring (bicyclic) bond motifs is 1. The van der Waals surface area contributed by atoms with E-state index in [-0.39, 0.29) is 12.4 Å². The van der Waals surface area contributed by atoms with Gasteiger partial charge in [0.2, 0.25) is 0 Å². The van der Waals surface area contributed by atoms with E-state index in [9.17, 15) is 4.39 Å². The number of benzene rings is 1. The highest BCUT2D eigenvalue weighted by Gasteiger charge is 2.10. The number of rotatable bonds is 2. The van der Waals surface area contributed by atoms with Crippen LogP contribution in [-0.2, 0) is 0 Å². The summed E-state index contributed by atoms with van der Waals surface area (Å²) >= 11 is 1.61. The van der Waals surface area contributed by atoms with Crippen molar-refractivity contribution >= 4 is 33.8 Å². The summed E-state index contributed by atoms with van der Waals surface area (Å²) in [7, 11) is 0. The Bertz CT molecular complexity index is 415. The van der Waals surface area contributed by atoms with E-state index in [0.29, 0.717) is 0 Å². The zero-order valence-electron chi connectivity index (χ0n) is 7.44. The minimum Gasteiger partial charge on any atom is -0.322 e. The highest BCUT2D eigenvalue weighted by Crippen LogP contribution is 2.29. The van der Waals surface area contributed by atoms with Crippen LogP contribution in [0.2, 0.25) is 0 Å². The molecule has 0 spiro atoms. The second kappa shape index (κ2) is 4.73. The number of thiophene rings is 1. The Hall–Kier alpha value is -0.640. The number of hydrogen-bond acceptors (Lipinski definition) is 2. The molecule has 1 nitrogen and oxygen atoms in total. The van der Waals surface area contributed by atoms with Gasteiger partial charge >= 0.3 is 0 Å². The highest BCUT2D eigenvalue weighted by molar-refractivity contribution is 7.17. The summed E-state index contributed by atoms with van der Waals surface area (Å²) in [6.07, 6.45) is 0. The molecule has 0 fully saturated rings. The average molecular weight is 232 g/mol. The Morgan fingerprint density at radius 3 is 2.79 bits per heavy atom. The monoisotopic (exact) mass is 231 g/mol. The predicted molar refractivity (Wildman–Crippen MR) is 62.0 cm³/mol. The van der Waals surface area contributed by atoms with Crippen molar-refractivity contribution in [3.63, 3.8) is 0 Å². The van der Waals surface area contributed by atoms with Gasteiger partial charge in [0.25, 0.3) is 0 Å². The zero-order valence-corrected chi connectivity index (χ0v) is 9.08. The summed E-state index contributed by atoms with van der Waals surface area (Å²) in [6.45, 7) is -0.499. The second-order valence-corrected chi connectivity index (χ2v) is 3.86. The van der Waals surface area contributed by atoms with Crippen molar-refractivity contribution in [1.29, 1.82) is 0 Å². The summed E-state index contributed by atoms with van der Waals surface area (Å²) in [4.78, 5) is 0. The van der Waals surface area contributed by atoms with Gasteiger partial charge in [-0.2, -0.15) is 0 Å². The maximum atomic E-state index is 12.4. The fourth-order valence-electron chi connectivity index (χ4n) is 1.37. The van der Waals surface area contributed by atoms with Crippen molar-refractivity contribution in [3.05, 3.63) is 35.2 Å². The zero-order chi connectivity index (χ0) is 9.26. The first-order chi connectivity index (χ1) is 6.33. The molecular weight excluding hydrogens is 221 g/mol. The van der Waals surface area contributed by atoms with Gasteiger partial charge in [-0.05, 0) is 22.4 Å². The molecule has 0 unspecified atom stereocenters. The third kappa shape index (κ3) is 1.90. The molecule has 76 valence electrons. The number of hydrogen-bond donors (Lipinski definition) is 1. The predicted octanol–water partition coefficient (Wildman–Crippen LogP) is 3.29. The van der Waals surface area contributed by atoms with Crippen molar-refractivity contribution in [3.8, 4) is 0 Å². The Labute approximate surface area is 92.1 Å². The van der Waals surface area contributed by atoms with Crippen molar-refractivity contribution in [1.82, 2.24) is 0 Å². The molecule has 0 saturated carbocycles. The Balaban J connectivity index is 0.000000980. The molecule has 0 aliphatic heterocycles. The van der Waals surface area contributed by atoms with Crippen molar-refractivity contribution in [2.45, 2.75) is 6.04 Å². The third-order valence-electron chi connectivity index (χ3n) is 2.08. The van der Waals surface area contributed by atoms with Gasteiger partial charge in [-0.25, -0.2) is 4.39 Å². The van der Waals surface area contributed by atoms with E-state index in [2.05, 4.69) is 0 Å². The van der Waals surface area contributed by atoms with Crippen molar-refractivity contribution < 1.29 is 4.39 Å². The van der Waals surface area contributed by atoms with Crippen molar-refractivity contribution in [2.24, 2.45) is 5.73 Å². The Morgan fingerprint density at radius 1 is 1.36 bits per heavy atom. The Morgan fingerprint density at radius 2 is 2.07 bits per heavy atom. The van der Waals surface area contributed by atoms with E-state index in [1.165, 1.54) is 4.70 Å². The average Bonchev–Trinajstić information content (AvgIpc) is 2.60. The lowest BCUT2D eigenvalue weighted by molar-refractivity contribution is 0.439. The number of halogens is 2. The first-order valence-corrected chi connectivity index (χ1v) is 4.98. The second-order valence-electron chi connectivity index (χ2n) is 2.95. The van der Waals surface area contributed by atoms with Crippen LogP contribution < -0.4 is 5.73 Å². The van der Waals surface area contributed by atoms with Crippen LogP contribution in [0.15, 0.2) is 29.6 Å². The molecule has 1 aromatic heterocycles. The van der Waals surface area contributed by atoms with Gasteiger partial charge in [-0.3, -0.25) is 0 Å². The van der Waals surface area contributed by atoms with Crippen LogP contribution in [0.1, 0.15) is 11.6 Å². The Kier molecular flexibility index (Phi) is 3.86. The maximum absolute atomic E-state index is 12.4. The smallest absolute Gasteiger partial charge is 0.109 e. The van der Waals surface area contributed by atoms with Crippen LogP contribution in [0.3, 0.4) is 0 Å². The molecule has 1 atom stereocenters. The molecule has 4 heteroatoms. The first-order valence-electron chi connectivity index (χ1n) is 4.10. The van der Waals surface area contributed by atoms with Gasteiger partial charge < -0.3 is 5.73 Å². The van der Waals surface area contributed by atoms with E-state index in [4.69, 9.17) is 5.73 Å². The normalized spacial score (nSPS) is 12.4. The van der Waals surface area contributed by atoms with Crippen LogP contribution in [0.4, 0.5) is 4.39 Å². The molecule has 1 aromatic carbocycles. The molecule has 2 rings (SSSR count). The van der Waals surface area contributed by atoms with Crippen LogP contribution >= 0.6 is 23.7 Å².